The van der Waals surface area contributed by atoms with E-state index in [-0.39, 0.29) is 18.4 Å². The molecule has 1 aliphatic rings. The quantitative estimate of drug-likeness (QED) is 0.313. The molecule has 0 aliphatic carbocycles. The van der Waals surface area contributed by atoms with Crippen LogP contribution in [0.15, 0.2) is 65.3 Å². The van der Waals surface area contributed by atoms with Crippen molar-refractivity contribution in [1.29, 1.82) is 5.26 Å². The fourth-order valence-electron chi connectivity index (χ4n) is 4.65. The van der Waals surface area contributed by atoms with Crippen LogP contribution >= 0.6 is 15.9 Å². The number of halogens is 3. The zero-order chi connectivity index (χ0) is 25.9. The van der Waals surface area contributed by atoms with Gasteiger partial charge in [-0.3, -0.25) is 9.47 Å². The minimum absolute atomic E-state index is 0.159. The second-order valence-corrected chi connectivity index (χ2v) is 9.72. The third-order valence-corrected chi connectivity index (χ3v) is 6.91. The number of nitrogens with one attached hydrogen (secondary N) is 1. The van der Waals surface area contributed by atoms with Gasteiger partial charge < -0.3 is 5.32 Å². The highest BCUT2D eigenvalue weighted by atomic mass is 79.9. The predicted molar refractivity (Wildman–Crippen MR) is 141 cm³/mol. The minimum atomic E-state index is -0.601. The molecule has 0 unspecified atom stereocenters. The maximum atomic E-state index is 14.1. The van der Waals surface area contributed by atoms with Gasteiger partial charge in [-0.1, -0.05) is 28.1 Å². The summed E-state index contributed by atoms with van der Waals surface area (Å²) in [5.74, 6) is -0.885. The van der Waals surface area contributed by atoms with Crippen LogP contribution in [0, 0.1) is 23.1 Å². The van der Waals surface area contributed by atoms with Crippen molar-refractivity contribution in [3.63, 3.8) is 0 Å². The predicted octanol–water partition coefficient (Wildman–Crippen LogP) is 5.78. The van der Waals surface area contributed by atoms with Crippen LogP contribution in [0.5, 0.6) is 0 Å². The van der Waals surface area contributed by atoms with Crippen LogP contribution in [0.1, 0.15) is 27.9 Å². The molecule has 1 amide bonds. The second kappa shape index (κ2) is 10.6. The molecule has 1 aliphatic heterocycles. The number of carbonyl (C=O) groups is 1. The van der Waals surface area contributed by atoms with E-state index in [2.05, 4.69) is 37.2 Å². The standard InChI is InChI=1S/C28H22BrF2N5O/c29-21-4-5-24(30)20(14-21)2-1-10-35-11-8-26-23(17-35)22-12-18(15-32)3-6-25(22)36(26)28(37)34-16-19-7-9-33-27(31)13-19/h1-7,9,12-14H,8,10-11,16-17H2,(H,34,37). The number of carbonyl (C=O) groups excluding carboxylic acids is 1. The summed E-state index contributed by atoms with van der Waals surface area (Å²) < 4.78 is 30.0. The Balaban J connectivity index is 1.40. The number of hydrogen-bond donors (Lipinski definition) is 1. The van der Waals surface area contributed by atoms with E-state index < -0.39 is 5.95 Å². The molecule has 186 valence electrons. The third kappa shape index (κ3) is 5.31. The highest BCUT2D eigenvalue weighted by Gasteiger charge is 2.26. The Morgan fingerprint density at radius 1 is 1.19 bits per heavy atom. The van der Waals surface area contributed by atoms with E-state index in [9.17, 15) is 18.8 Å². The van der Waals surface area contributed by atoms with Crippen molar-refractivity contribution in [1.82, 2.24) is 19.8 Å². The smallest absolute Gasteiger partial charge is 0.326 e. The Morgan fingerprint density at radius 2 is 2.05 bits per heavy atom. The molecule has 2 aromatic carbocycles. The lowest BCUT2D eigenvalue weighted by Crippen LogP contribution is -2.34. The monoisotopic (exact) mass is 561 g/mol. The molecule has 0 spiro atoms. The maximum Gasteiger partial charge on any atom is 0.326 e. The summed E-state index contributed by atoms with van der Waals surface area (Å²) in [6.07, 6.45) is 5.68. The normalized spacial score (nSPS) is 13.6. The summed E-state index contributed by atoms with van der Waals surface area (Å²) in [6, 6.07) is 14.9. The zero-order valence-electron chi connectivity index (χ0n) is 19.7. The molecule has 6 nitrogen and oxygen atoms in total. The minimum Gasteiger partial charge on any atom is -0.333 e. The highest BCUT2D eigenvalue weighted by molar-refractivity contribution is 9.10. The van der Waals surface area contributed by atoms with Gasteiger partial charge in [0.1, 0.15) is 5.82 Å². The van der Waals surface area contributed by atoms with Gasteiger partial charge in [0, 0.05) is 59.9 Å². The first-order chi connectivity index (χ1) is 17.9. The number of aromatic nitrogens is 2. The summed E-state index contributed by atoms with van der Waals surface area (Å²) in [5.41, 5.74) is 4.23. The number of pyridine rings is 1. The van der Waals surface area contributed by atoms with Crippen LogP contribution in [0.3, 0.4) is 0 Å². The third-order valence-electron chi connectivity index (χ3n) is 6.41. The molecule has 0 saturated carbocycles. The van der Waals surface area contributed by atoms with E-state index in [4.69, 9.17) is 0 Å². The van der Waals surface area contributed by atoms with Crippen LogP contribution in [0.2, 0.25) is 0 Å². The van der Waals surface area contributed by atoms with Gasteiger partial charge in [-0.2, -0.15) is 9.65 Å². The van der Waals surface area contributed by atoms with Crippen molar-refractivity contribution in [2.45, 2.75) is 19.5 Å². The van der Waals surface area contributed by atoms with Crippen molar-refractivity contribution in [2.75, 3.05) is 13.1 Å². The number of hydrogen-bond acceptors (Lipinski definition) is 4. The van der Waals surface area contributed by atoms with Gasteiger partial charge in [0.05, 0.1) is 17.1 Å². The second-order valence-electron chi connectivity index (χ2n) is 8.80. The number of fused-ring (bicyclic) bond motifs is 3. The Hall–Kier alpha value is -3.87. The molecule has 0 bridgehead atoms. The lowest BCUT2D eigenvalue weighted by atomic mass is 10.0. The molecule has 0 fully saturated rings. The van der Waals surface area contributed by atoms with Crippen LogP contribution in [-0.2, 0) is 19.5 Å². The molecule has 4 aromatic rings. The molecular weight excluding hydrogens is 540 g/mol. The number of nitriles is 1. The zero-order valence-corrected chi connectivity index (χ0v) is 21.3. The van der Waals surface area contributed by atoms with Crippen molar-refractivity contribution >= 4 is 38.9 Å². The first kappa shape index (κ1) is 24.8. The molecule has 0 saturated heterocycles. The molecule has 1 N–H and O–H groups in total. The van der Waals surface area contributed by atoms with Crippen molar-refractivity contribution in [2.24, 2.45) is 0 Å². The molecular formula is C28H22BrF2N5O. The van der Waals surface area contributed by atoms with Gasteiger partial charge in [-0.15, -0.1) is 0 Å². The van der Waals surface area contributed by atoms with Crippen molar-refractivity contribution in [3.8, 4) is 6.07 Å². The Labute approximate surface area is 221 Å². The molecule has 0 atom stereocenters. The van der Waals surface area contributed by atoms with Gasteiger partial charge in [-0.25, -0.2) is 14.2 Å². The molecule has 2 aromatic heterocycles. The number of amides is 1. The van der Waals surface area contributed by atoms with Crippen LogP contribution in [0.4, 0.5) is 13.6 Å². The summed E-state index contributed by atoms with van der Waals surface area (Å²) in [4.78, 5) is 19.0. The fourth-order valence-corrected chi connectivity index (χ4v) is 5.03. The Bertz CT molecular complexity index is 1570. The van der Waals surface area contributed by atoms with E-state index in [1.54, 1.807) is 41.0 Å². The molecule has 3 heterocycles. The number of nitrogens with zero attached hydrogens (tertiary/aromatic N) is 4. The molecule has 9 heteroatoms. The van der Waals surface area contributed by atoms with Crippen LogP contribution < -0.4 is 5.32 Å². The SMILES string of the molecule is N#Cc1ccc2c(c1)c1c(n2C(=O)NCc2ccnc(F)c2)CCN(CC=Cc2cc(Br)ccc2F)C1. The lowest BCUT2D eigenvalue weighted by molar-refractivity contribution is 0.240. The van der Waals surface area contributed by atoms with E-state index in [0.717, 1.165) is 26.6 Å². The van der Waals surface area contributed by atoms with E-state index in [1.807, 2.05) is 12.1 Å². The summed E-state index contributed by atoms with van der Waals surface area (Å²) in [5, 5.41) is 13.2. The first-order valence-corrected chi connectivity index (χ1v) is 12.5. The van der Waals surface area contributed by atoms with Gasteiger partial charge in [0.15, 0.2) is 0 Å². The number of benzene rings is 2. The average Bonchev–Trinajstić information content (AvgIpc) is 3.22. The van der Waals surface area contributed by atoms with E-state index >= 15 is 0 Å². The first-order valence-electron chi connectivity index (χ1n) is 11.7. The van der Waals surface area contributed by atoms with Crippen LogP contribution in [-0.4, -0.2) is 33.6 Å². The van der Waals surface area contributed by atoms with Crippen molar-refractivity contribution in [3.05, 3.63) is 105 Å². The topological polar surface area (TPSA) is 74.0 Å². The van der Waals surface area contributed by atoms with E-state index in [0.29, 0.717) is 42.7 Å². The maximum absolute atomic E-state index is 14.1. The summed E-state index contributed by atoms with van der Waals surface area (Å²) >= 11 is 3.37. The summed E-state index contributed by atoms with van der Waals surface area (Å²) in [6.45, 7) is 2.06. The average molecular weight is 562 g/mol. The molecule has 0 radical (unpaired) electrons. The molecule has 37 heavy (non-hydrogen) atoms. The Morgan fingerprint density at radius 3 is 2.86 bits per heavy atom. The fraction of sp³-hybridized carbons (Fsp3) is 0.179. The van der Waals surface area contributed by atoms with Crippen molar-refractivity contribution < 1.29 is 13.6 Å². The summed E-state index contributed by atoms with van der Waals surface area (Å²) in [7, 11) is 0. The molecule has 5 rings (SSSR count). The van der Waals surface area contributed by atoms with Gasteiger partial charge in [0.25, 0.3) is 0 Å². The number of rotatable bonds is 5. The van der Waals surface area contributed by atoms with Gasteiger partial charge in [0.2, 0.25) is 5.95 Å². The van der Waals surface area contributed by atoms with Crippen LogP contribution in [0.25, 0.3) is 17.0 Å². The van der Waals surface area contributed by atoms with Gasteiger partial charge >= 0.3 is 6.03 Å². The Kier molecular flexibility index (Phi) is 7.12. The largest absolute Gasteiger partial charge is 0.333 e. The highest BCUT2D eigenvalue weighted by Crippen LogP contribution is 2.32. The lowest BCUT2D eigenvalue weighted by Gasteiger charge is -2.27. The van der Waals surface area contributed by atoms with Gasteiger partial charge in [-0.05, 0) is 59.7 Å². The van der Waals surface area contributed by atoms with E-state index in [1.165, 1.54) is 18.3 Å².